The highest BCUT2D eigenvalue weighted by Gasteiger charge is 2.09. The summed E-state index contributed by atoms with van der Waals surface area (Å²) in [6.45, 7) is 3.45. The SMILES string of the molecule is C=CC(=O)NCC/C(=C\c1ccc(C#N)c(C#N)c1)C(=O)O. The molecule has 0 heterocycles. The number of nitrogens with zero attached hydrogens (tertiary/aromatic N) is 2. The maximum Gasteiger partial charge on any atom is 0.331 e. The molecule has 0 spiro atoms. The van der Waals surface area contributed by atoms with Gasteiger partial charge in [0.1, 0.15) is 12.1 Å². The highest BCUT2D eigenvalue weighted by Crippen LogP contribution is 2.15. The first kappa shape index (κ1) is 16.7. The van der Waals surface area contributed by atoms with Gasteiger partial charge in [0.05, 0.1) is 11.1 Å². The van der Waals surface area contributed by atoms with Crippen LogP contribution in [-0.2, 0) is 9.59 Å². The molecule has 1 aromatic carbocycles. The van der Waals surface area contributed by atoms with E-state index in [1.807, 2.05) is 12.1 Å². The van der Waals surface area contributed by atoms with Crippen molar-refractivity contribution < 1.29 is 14.7 Å². The molecule has 22 heavy (non-hydrogen) atoms. The molecule has 1 rings (SSSR count). The van der Waals surface area contributed by atoms with Crippen molar-refractivity contribution in [2.45, 2.75) is 6.42 Å². The quantitative estimate of drug-likeness (QED) is 0.773. The Balaban J connectivity index is 2.97. The Morgan fingerprint density at radius 1 is 1.27 bits per heavy atom. The van der Waals surface area contributed by atoms with Gasteiger partial charge in [-0.1, -0.05) is 12.6 Å². The van der Waals surface area contributed by atoms with Crippen LogP contribution in [0.2, 0.25) is 0 Å². The van der Waals surface area contributed by atoms with Crippen molar-refractivity contribution in [1.82, 2.24) is 5.32 Å². The molecule has 2 N–H and O–H groups in total. The lowest BCUT2D eigenvalue weighted by molar-refractivity contribution is -0.132. The normalized spacial score (nSPS) is 10.2. The Hall–Kier alpha value is -3.38. The Labute approximate surface area is 127 Å². The fourth-order valence-corrected chi connectivity index (χ4v) is 1.68. The minimum absolute atomic E-state index is 0.0814. The lowest BCUT2D eigenvalue weighted by Gasteiger charge is -2.05. The zero-order chi connectivity index (χ0) is 16.5. The van der Waals surface area contributed by atoms with Crippen molar-refractivity contribution in [3.63, 3.8) is 0 Å². The van der Waals surface area contributed by atoms with E-state index in [9.17, 15) is 9.59 Å². The van der Waals surface area contributed by atoms with Crippen LogP contribution in [0.3, 0.4) is 0 Å². The molecule has 6 nitrogen and oxygen atoms in total. The molecule has 1 aromatic rings. The van der Waals surface area contributed by atoms with E-state index in [-0.39, 0.29) is 35.6 Å². The topological polar surface area (TPSA) is 114 Å². The van der Waals surface area contributed by atoms with Crippen LogP contribution in [-0.4, -0.2) is 23.5 Å². The predicted molar refractivity (Wildman–Crippen MR) is 79.3 cm³/mol. The maximum atomic E-state index is 11.2. The van der Waals surface area contributed by atoms with Crippen molar-refractivity contribution in [1.29, 1.82) is 10.5 Å². The first-order valence-corrected chi connectivity index (χ1v) is 6.30. The number of rotatable bonds is 6. The number of nitrogens with one attached hydrogen (secondary N) is 1. The number of nitriles is 2. The molecule has 0 aliphatic carbocycles. The summed E-state index contributed by atoms with van der Waals surface area (Å²) in [4.78, 5) is 22.2. The van der Waals surface area contributed by atoms with Crippen LogP contribution in [0.25, 0.3) is 6.08 Å². The smallest absolute Gasteiger partial charge is 0.331 e. The van der Waals surface area contributed by atoms with Crippen LogP contribution in [0.15, 0.2) is 36.4 Å². The van der Waals surface area contributed by atoms with Gasteiger partial charge in [0.15, 0.2) is 0 Å². The number of aliphatic carboxylic acids is 1. The highest BCUT2D eigenvalue weighted by molar-refractivity contribution is 5.92. The Bertz CT molecular complexity index is 721. The zero-order valence-corrected chi connectivity index (χ0v) is 11.7. The van der Waals surface area contributed by atoms with Gasteiger partial charge in [0.2, 0.25) is 5.91 Å². The number of carboxylic acids is 1. The van der Waals surface area contributed by atoms with Gasteiger partial charge in [-0.15, -0.1) is 0 Å². The summed E-state index contributed by atoms with van der Waals surface area (Å²) < 4.78 is 0. The van der Waals surface area contributed by atoms with Crippen molar-refractivity contribution in [2.75, 3.05) is 6.54 Å². The molecular weight excluding hydrogens is 282 g/mol. The van der Waals surface area contributed by atoms with Gasteiger partial charge in [-0.05, 0) is 36.3 Å². The minimum atomic E-state index is -1.12. The number of hydrogen-bond acceptors (Lipinski definition) is 4. The summed E-state index contributed by atoms with van der Waals surface area (Å²) in [7, 11) is 0. The monoisotopic (exact) mass is 295 g/mol. The summed E-state index contributed by atoms with van der Waals surface area (Å²) in [6.07, 6.45) is 2.63. The molecule has 110 valence electrons. The standard InChI is InChI=1S/C16H13N3O3/c1-2-15(20)19-6-5-12(16(21)22)7-11-3-4-13(9-17)14(8-11)10-18/h2-4,7-8H,1,5-6H2,(H,19,20)(H,21,22)/b12-7+. The maximum absolute atomic E-state index is 11.2. The lowest BCUT2D eigenvalue weighted by Crippen LogP contribution is -2.23. The van der Waals surface area contributed by atoms with Gasteiger partial charge in [-0.25, -0.2) is 4.79 Å². The second kappa shape index (κ2) is 8.03. The van der Waals surface area contributed by atoms with E-state index in [1.165, 1.54) is 18.2 Å². The molecule has 0 fully saturated rings. The number of amides is 1. The average molecular weight is 295 g/mol. The molecule has 0 unspecified atom stereocenters. The number of benzene rings is 1. The van der Waals surface area contributed by atoms with Crippen molar-refractivity contribution in [3.05, 3.63) is 53.1 Å². The summed E-state index contributed by atoms with van der Waals surface area (Å²) in [5, 5.41) is 29.4. The number of carbonyl (C=O) groups excluding carboxylic acids is 1. The second-order valence-electron chi connectivity index (χ2n) is 4.25. The number of carbonyl (C=O) groups is 2. The molecule has 0 atom stereocenters. The predicted octanol–water partition coefficient (Wildman–Crippen LogP) is 1.59. The van der Waals surface area contributed by atoms with Gasteiger partial charge in [0.25, 0.3) is 0 Å². The van der Waals surface area contributed by atoms with Crippen LogP contribution >= 0.6 is 0 Å². The van der Waals surface area contributed by atoms with Gasteiger partial charge >= 0.3 is 5.97 Å². The second-order valence-corrected chi connectivity index (χ2v) is 4.25. The van der Waals surface area contributed by atoms with E-state index >= 15 is 0 Å². The van der Waals surface area contributed by atoms with E-state index < -0.39 is 5.97 Å². The van der Waals surface area contributed by atoms with Crippen LogP contribution in [0.5, 0.6) is 0 Å². The summed E-state index contributed by atoms with van der Waals surface area (Å²) >= 11 is 0. The third kappa shape index (κ3) is 4.62. The third-order valence-corrected chi connectivity index (χ3v) is 2.78. The fourth-order valence-electron chi connectivity index (χ4n) is 1.68. The largest absolute Gasteiger partial charge is 0.478 e. The van der Waals surface area contributed by atoms with E-state index in [2.05, 4.69) is 11.9 Å². The highest BCUT2D eigenvalue weighted by atomic mass is 16.4. The molecule has 1 amide bonds. The third-order valence-electron chi connectivity index (χ3n) is 2.78. The van der Waals surface area contributed by atoms with Crippen LogP contribution in [0.4, 0.5) is 0 Å². The van der Waals surface area contributed by atoms with Crippen molar-refractivity contribution >= 4 is 18.0 Å². The van der Waals surface area contributed by atoms with E-state index in [0.29, 0.717) is 5.56 Å². The molecule has 0 saturated heterocycles. The molecule has 0 radical (unpaired) electrons. The summed E-state index contributed by atoms with van der Waals surface area (Å²) in [5.41, 5.74) is 0.997. The minimum Gasteiger partial charge on any atom is -0.478 e. The van der Waals surface area contributed by atoms with Gasteiger partial charge in [0, 0.05) is 12.1 Å². The van der Waals surface area contributed by atoms with Crippen molar-refractivity contribution in [3.8, 4) is 12.1 Å². The molecule has 0 aliphatic heterocycles. The lowest BCUT2D eigenvalue weighted by atomic mass is 10.0. The molecule has 0 aliphatic rings. The Morgan fingerprint density at radius 2 is 1.95 bits per heavy atom. The van der Waals surface area contributed by atoms with Crippen LogP contribution < -0.4 is 5.32 Å². The molecule has 6 heteroatoms. The summed E-state index contributed by atoms with van der Waals surface area (Å²) in [6, 6.07) is 8.24. The molecular formula is C16H13N3O3. The van der Waals surface area contributed by atoms with Crippen molar-refractivity contribution in [2.24, 2.45) is 0 Å². The zero-order valence-electron chi connectivity index (χ0n) is 11.7. The van der Waals surface area contributed by atoms with E-state index in [4.69, 9.17) is 15.6 Å². The van der Waals surface area contributed by atoms with Gasteiger partial charge in [-0.2, -0.15) is 10.5 Å². The molecule has 0 saturated carbocycles. The van der Waals surface area contributed by atoms with Gasteiger partial charge in [-0.3, -0.25) is 4.79 Å². The average Bonchev–Trinajstić information content (AvgIpc) is 2.53. The first-order valence-electron chi connectivity index (χ1n) is 6.30. The fraction of sp³-hybridized carbons (Fsp3) is 0.125. The first-order chi connectivity index (χ1) is 10.5. The molecule has 0 aromatic heterocycles. The Kier molecular flexibility index (Phi) is 6.09. The Morgan fingerprint density at radius 3 is 2.50 bits per heavy atom. The van der Waals surface area contributed by atoms with Crippen LogP contribution in [0.1, 0.15) is 23.1 Å². The number of hydrogen-bond donors (Lipinski definition) is 2. The van der Waals surface area contributed by atoms with Gasteiger partial charge < -0.3 is 10.4 Å². The molecule has 0 bridgehead atoms. The van der Waals surface area contributed by atoms with E-state index in [0.717, 1.165) is 6.08 Å². The van der Waals surface area contributed by atoms with E-state index in [1.54, 1.807) is 6.07 Å². The summed E-state index contributed by atoms with van der Waals surface area (Å²) in [5.74, 6) is -1.49. The van der Waals surface area contributed by atoms with Crippen LogP contribution in [0, 0.1) is 22.7 Å². The number of carboxylic acid groups (broad SMARTS) is 1.